The molecule has 1 rings (SSSR count). The van der Waals surface area contributed by atoms with Crippen LogP contribution in [-0.2, 0) is 9.53 Å². The number of hydrogen-bond acceptors (Lipinski definition) is 3. The highest BCUT2D eigenvalue weighted by Gasteiger charge is 2.19. The first-order valence-corrected chi connectivity index (χ1v) is 4.11. The number of esters is 1. The lowest BCUT2D eigenvalue weighted by atomic mass is 9.94. The van der Waals surface area contributed by atoms with E-state index < -0.39 is 0 Å². The summed E-state index contributed by atoms with van der Waals surface area (Å²) in [6, 6.07) is 0.321. The van der Waals surface area contributed by atoms with Crippen LogP contribution in [0.25, 0.3) is 0 Å². The van der Waals surface area contributed by atoms with E-state index in [2.05, 4.69) is 0 Å². The summed E-state index contributed by atoms with van der Waals surface area (Å²) in [4.78, 5) is 10.5. The standard InChI is InChI=1S/C8H15NO2/c1-6(10)11-8-4-2-7(9)3-5-8/h7-8H,2-5,9H2,1H3. The first kappa shape index (κ1) is 8.53. The molecule has 1 fully saturated rings. The number of ether oxygens (including phenoxy) is 1. The molecule has 2 N–H and O–H groups in total. The Morgan fingerprint density at radius 1 is 1.36 bits per heavy atom. The van der Waals surface area contributed by atoms with E-state index in [1.807, 2.05) is 0 Å². The van der Waals surface area contributed by atoms with Gasteiger partial charge < -0.3 is 10.5 Å². The van der Waals surface area contributed by atoms with Crippen LogP contribution in [0.2, 0.25) is 0 Å². The van der Waals surface area contributed by atoms with Gasteiger partial charge in [-0.05, 0) is 25.7 Å². The molecule has 0 spiro atoms. The van der Waals surface area contributed by atoms with E-state index in [1.54, 1.807) is 0 Å². The third-order valence-electron chi connectivity index (χ3n) is 2.05. The van der Waals surface area contributed by atoms with E-state index in [0.717, 1.165) is 25.7 Å². The maximum Gasteiger partial charge on any atom is 0.302 e. The summed E-state index contributed by atoms with van der Waals surface area (Å²) >= 11 is 0. The third-order valence-corrected chi connectivity index (χ3v) is 2.05. The van der Waals surface area contributed by atoms with Crippen molar-refractivity contribution in [1.29, 1.82) is 0 Å². The van der Waals surface area contributed by atoms with Gasteiger partial charge in [0.15, 0.2) is 0 Å². The molecule has 0 saturated heterocycles. The monoisotopic (exact) mass is 157 g/mol. The van der Waals surface area contributed by atoms with Crippen LogP contribution in [0.4, 0.5) is 0 Å². The van der Waals surface area contributed by atoms with Crippen molar-refractivity contribution >= 4 is 5.97 Å². The predicted octanol–water partition coefficient (Wildman–Crippen LogP) is 0.819. The van der Waals surface area contributed by atoms with Gasteiger partial charge in [-0.25, -0.2) is 0 Å². The van der Waals surface area contributed by atoms with Gasteiger partial charge in [-0.3, -0.25) is 4.79 Å². The number of carbonyl (C=O) groups excluding carboxylic acids is 1. The van der Waals surface area contributed by atoms with Crippen molar-refractivity contribution in [3.05, 3.63) is 0 Å². The van der Waals surface area contributed by atoms with Gasteiger partial charge in [-0.15, -0.1) is 0 Å². The minimum Gasteiger partial charge on any atom is -0.463 e. The summed E-state index contributed by atoms with van der Waals surface area (Å²) in [7, 11) is 0. The molecule has 0 heterocycles. The third kappa shape index (κ3) is 2.89. The van der Waals surface area contributed by atoms with Gasteiger partial charge in [0.2, 0.25) is 0 Å². The van der Waals surface area contributed by atoms with Crippen LogP contribution >= 0.6 is 0 Å². The van der Waals surface area contributed by atoms with E-state index in [9.17, 15) is 4.79 Å². The van der Waals surface area contributed by atoms with E-state index in [4.69, 9.17) is 10.5 Å². The van der Waals surface area contributed by atoms with Crippen molar-refractivity contribution in [2.45, 2.75) is 44.8 Å². The molecular weight excluding hydrogens is 142 g/mol. The van der Waals surface area contributed by atoms with Crippen LogP contribution in [0.3, 0.4) is 0 Å². The van der Waals surface area contributed by atoms with Crippen molar-refractivity contribution in [1.82, 2.24) is 0 Å². The molecule has 3 nitrogen and oxygen atoms in total. The zero-order chi connectivity index (χ0) is 8.27. The van der Waals surface area contributed by atoms with Crippen molar-refractivity contribution in [2.24, 2.45) is 5.73 Å². The number of carbonyl (C=O) groups is 1. The summed E-state index contributed by atoms with van der Waals surface area (Å²) < 4.78 is 5.04. The number of nitrogens with two attached hydrogens (primary N) is 1. The largest absolute Gasteiger partial charge is 0.463 e. The average Bonchev–Trinajstić information content (AvgIpc) is 1.93. The van der Waals surface area contributed by atoms with Crippen molar-refractivity contribution < 1.29 is 9.53 Å². The highest BCUT2D eigenvalue weighted by atomic mass is 16.5. The molecule has 0 aliphatic heterocycles. The maximum absolute atomic E-state index is 10.5. The van der Waals surface area contributed by atoms with Crippen LogP contribution < -0.4 is 5.73 Å². The number of rotatable bonds is 1. The zero-order valence-electron chi connectivity index (χ0n) is 6.88. The fraction of sp³-hybridized carbons (Fsp3) is 0.875. The van der Waals surface area contributed by atoms with Gasteiger partial charge in [0.05, 0.1) is 0 Å². The Balaban J connectivity index is 2.22. The van der Waals surface area contributed by atoms with E-state index in [1.165, 1.54) is 6.92 Å². The lowest BCUT2D eigenvalue weighted by Crippen LogP contribution is -2.31. The first-order valence-electron chi connectivity index (χ1n) is 4.11. The Kier molecular flexibility index (Phi) is 2.88. The molecule has 0 aromatic carbocycles. The summed E-state index contributed by atoms with van der Waals surface area (Å²) in [6.07, 6.45) is 3.96. The van der Waals surface area contributed by atoms with Crippen LogP contribution in [-0.4, -0.2) is 18.1 Å². The van der Waals surface area contributed by atoms with Crippen LogP contribution in [0.1, 0.15) is 32.6 Å². The average molecular weight is 157 g/mol. The summed E-state index contributed by atoms with van der Waals surface area (Å²) in [6.45, 7) is 1.45. The Morgan fingerprint density at radius 2 is 1.91 bits per heavy atom. The fourth-order valence-electron chi connectivity index (χ4n) is 1.44. The molecule has 0 bridgehead atoms. The van der Waals surface area contributed by atoms with E-state index >= 15 is 0 Å². The lowest BCUT2D eigenvalue weighted by molar-refractivity contribution is -0.147. The predicted molar refractivity (Wildman–Crippen MR) is 42.0 cm³/mol. The molecule has 1 aliphatic carbocycles. The fourth-order valence-corrected chi connectivity index (χ4v) is 1.44. The van der Waals surface area contributed by atoms with E-state index in [-0.39, 0.29) is 12.1 Å². The molecule has 1 aliphatic rings. The Labute approximate surface area is 66.9 Å². The Morgan fingerprint density at radius 3 is 2.36 bits per heavy atom. The molecule has 3 heteroatoms. The molecule has 0 aromatic heterocycles. The summed E-state index contributed by atoms with van der Waals surface area (Å²) in [5, 5.41) is 0. The molecular formula is C8H15NO2. The Bertz CT molecular complexity index is 139. The normalized spacial score (nSPS) is 31.5. The van der Waals surface area contributed by atoms with Crippen LogP contribution in [0.15, 0.2) is 0 Å². The number of hydrogen-bond donors (Lipinski definition) is 1. The molecule has 64 valence electrons. The quantitative estimate of drug-likeness (QED) is 0.573. The zero-order valence-corrected chi connectivity index (χ0v) is 6.88. The molecule has 0 unspecified atom stereocenters. The van der Waals surface area contributed by atoms with Crippen molar-refractivity contribution in [3.63, 3.8) is 0 Å². The molecule has 0 aromatic rings. The van der Waals surface area contributed by atoms with Crippen LogP contribution in [0, 0.1) is 0 Å². The molecule has 0 amide bonds. The lowest BCUT2D eigenvalue weighted by Gasteiger charge is -2.25. The maximum atomic E-state index is 10.5. The van der Waals surface area contributed by atoms with Gasteiger partial charge in [-0.1, -0.05) is 0 Å². The van der Waals surface area contributed by atoms with Crippen molar-refractivity contribution in [3.8, 4) is 0 Å². The first-order chi connectivity index (χ1) is 5.18. The van der Waals surface area contributed by atoms with Crippen molar-refractivity contribution in [2.75, 3.05) is 0 Å². The molecule has 0 atom stereocenters. The second-order valence-corrected chi connectivity index (χ2v) is 3.15. The SMILES string of the molecule is CC(=O)OC1CCC(N)CC1. The van der Waals surface area contributed by atoms with Gasteiger partial charge in [-0.2, -0.15) is 0 Å². The minimum atomic E-state index is -0.175. The highest BCUT2D eigenvalue weighted by Crippen LogP contribution is 2.19. The van der Waals surface area contributed by atoms with Crippen LogP contribution in [0.5, 0.6) is 0 Å². The molecule has 0 radical (unpaired) electrons. The van der Waals surface area contributed by atoms with Gasteiger partial charge >= 0.3 is 5.97 Å². The summed E-state index contributed by atoms with van der Waals surface area (Å²) in [5.74, 6) is -0.175. The Hall–Kier alpha value is -0.570. The summed E-state index contributed by atoms with van der Waals surface area (Å²) in [5.41, 5.74) is 5.69. The molecule has 1 saturated carbocycles. The smallest absolute Gasteiger partial charge is 0.302 e. The van der Waals surface area contributed by atoms with E-state index in [0.29, 0.717) is 6.04 Å². The second-order valence-electron chi connectivity index (χ2n) is 3.15. The minimum absolute atomic E-state index is 0.132. The second kappa shape index (κ2) is 3.72. The van der Waals surface area contributed by atoms with Gasteiger partial charge in [0.25, 0.3) is 0 Å². The van der Waals surface area contributed by atoms with Gasteiger partial charge in [0, 0.05) is 13.0 Å². The molecule has 11 heavy (non-hydrogen) atoms. The highest BCUT2D eigenvalue weighted by molar-refractivity contribution is 5.66. The topological polar surface area (TPSA) is 52.3 Å². The van der Waals surface area contributed by atoms with Gasteiger partial charge in [0.1, 0.15) is 6.10 Å².